The van der Waals surface area contributed by atoms with Gasteiger partial charge in [0.25, 0.3) is 0 Å². The van der Waals surface area contributed by atoms with E-state index in [2.05, 4.69) is 5.73 Å². The molecule has 0 amide bonds. The molecule has 0 aliphatic rings. The standard InChI is InChI=1S/C6H15NO/c1-5(4-8)6(2,3)7/h5,8H,4,7H2,1-3H3/p+1. The summed E-state index contributed by atoms with van der Waals surface area (Å²) in [6, 6.07) is 0. The van der Waals surface area contributed by atoms with Crippen molar-refractivity contribution in [2.45, 2.75) is 26.3 Å². The fraction of sp³-hybridized carbons (Fsp3) is 1.00. The van der Waals surface area contributed by atoms with E-state index in [1.54, 1.807) is 0 Å². The summed E-state index contributed by atoms with van der Waals surface area (Å²) < 4.78 is 0. The average Bonchev–Trinajstić information content (AvgIpc) is 1.62. The molecule has 0 aliphatic carbocycles. The Bertz CT molecular complexity index is 65.4. The van der Waals surface area contributed by atoms with Gasteiger partial charge in [-0.05, 0) is 13.8 Å². The number of hydrogen-bond acceptors (Lipinski definition) is 1. The van der Waals surface area contributed by atoms with Crippen LogP contribution in [-0.4, -0.2) is 17.3 Å². The van der Waals surface area contributed by atoms with E-state index < -0.39 is 0 Å². The SMILES string of the molecule is CC(CO)C(C)(C)[NH3+]. The number of hydrogen-bond donors (Lipinski definition) is 2. The predicted octanol–water partition coefficient (Wildman–Crippen LogP) is -0.365. The lowest BCUT2D eigenvalue weighted by atomic mass is 9.91. The molecule has 1 atom stereocenters. The van der Waals surface area contributed by atoms with Crippen molar-refractivity contribution in [3.63, 3.8) is 0 Å². The van der Waals surface area contributed by atoms with Gasteiger partial charge < -0.3 is 10.8 Å². The number of quaternary nitrogens is 1. The number of rotatable bonds is 2. The van der Waals surface area contributed by atoms with Gasteiger partial charge in [0.1, 0.15) is 0 Å². The van der Waals surface area contributed by atoms with Gasteiger partial charge in [0.15, 0.2) is 0 Å². The fourth-order valence-corrected chi connectivity index (χ4v) is 0.247. The topological polar surface area (TPSA) is 47.9 Å². The van der Waals surface area contributed by atoms with Crippen LogP contribution in [-0.2, 0) is 0 Å². The molecular weight excluding hydrogens is 102 g/mol. The van der Waals surface area contributed by atoms with E-state index in [0.717, 1.165) is 0 Å². The van der Waals surface area contributed by atoms with Crippen LogP contribution in [0.3, 0.4) is 0 Å². The first kappa shape index (κ1) is 7.92. The van der Waals surface area contributed by atoms with Gasteiger partial charge in [-0.1, -0.05) is 6.92 Å². The van der Waals surface area contributed by atoms with Gasteiger partial charge in [0, 0.05) is 5.92 Å². The summed E-state index contributed by atoms with van der Waals surface area (Å²) in [5.41, 5.74) is 3.89. The van der Waals surface area contributed by atoms with Crippen molar-refractivity contribution in [2.75, 3.05) is 6.61 Å². The summed E-state index contributed by atoms with van der Waals surface area (Å²) in [6.45, 7) is 6.27. The van der Waals surface area contributed by atoms with Crippen LogP contribution in [0.25, 0.3) is 0 Å². The Morgan fingerprint density at radius 2 is 2.00 bits per heavy atom. The highest BCUT2D eigenvalue weighted by Crippen LogP contribution is 2.07. The van der Waals surface area contributed by atoms with Crippen molar-refractivity contribution >= 4 is 0 Å². The first-order valence-electron chi connectivity index (χ1n) is 2.94. The van der Waals surface area contributed by atoms with Crippen molar-refractivity contribution in [3.05, 3.63) is 0 Å². The second-order valence-electron chi connectivity index (χ2n) is 3.07. The second-order valence-corrected chi connectivity index (χ2v) is 3.07. The molecular formula is C6H16NO+. The van der Waals surface area contributed by atoms with Crippen molar-refractivity contribution in [1.82, 2.24) is 0 Å². The molecule has 0 aromatic heterocycles. The van der Waals surface area contributed by atoms with Gasteiger partial charge in [-0.15, -0.1) is 0 Å². The van der Waals surface area contributed by atoms with Crippen molar-refractivity contribution in [2.24, 2.45) is 5.92 Å². The molecule has 0 saturated carbocycles. The Morgan fingerprint density at radius 3 is 2.00 bits per heavy atom. The minimum atomic E-state index is 0.00868. The summed E-state index contributed by atoms with van der Waals surface area (Å²) in [6.07, 6.45) is 0. The monoisotopic (exact) mass is 118 g/mol. The zero-order valence-electron chi connectivity index (χ0n) is 5.94. The first-order chi connectivity index (χ1) is 3.48. The second kappa shape index (κ2) is 2.46. The molecule has 4 N–H and O–H groups in total. The van der Waals surface area contributed by atoms with Gasteiger partial charge in [0.2, 0.25) is 0 Å². The minimum Gasteiger partial charge on any atom is -0.396 e. The largest absolute Gasteiger partial charge is 0.396 e. The van der Waals surface area contributed by atoms with Crippen molar-refractivity contribution in [1.29, 1.82) is 0 Å². The third-order valence-electron chi connectivity index (χ3n) is 1.61. The molecule has 2 heteroatoms. The van der Waals surface area contributed by atoms with Crippen molar-refractivity contribution in [3.8, 4) is 0 Å². The summed E-state index contributed by atoms with van der Waals surface area (Å²) in [5, 5.41) is 8.63. The van der Waals surface area contributed by atoms with E-state index in [1.165, 1.54) is 0 Å². The molecule has 0 spiro atoms. The molecule has 0 aromatic carbocycles. The Labute approximate surface area is 50.7 Å². The van der Waals surface area contributed by atoms with E-state index in [1.807, 2.05) is 20.8 Å². The number of aliphatic hydroxyl groups is 1. The lowest BCUT2D eigenvalue weighted by Crippen LogP contribution is -2.72. The lowest BCUT2D eigenvalue weighted by molar-refractivity contribution is -0.480. The molecule has 0 rings (SSSR count). The van der Waals surface area contributed by atoms with Gasteiger partial charge in [-0.2, -0.15) is 0 Å². The zero-order chi connectivity index (χ0) is 6.78. The average molecular weight is 118 g/mol. The fourth-order valence-electron chi connectivity index (χ4n) is 0.247. The molecule has 0 fully saturated rings. The Morgan fingerprint density at radius 1 is 1.62 bits per heavy atom. The molecule has 50 valence electrons. The smallest absolute Gasteiger partial charge is 0.0936 e. The van der Waals surface area contributed by atoms with E-state index in [0.29, 0.717) is 5.92 Å². The quantitative estimate of drug-likeness (QED) is 0.511. The summed E-state index contributed by atoms with van der Waals surface area (Å²) in [4.78, 5) is 0. The van der Waals surface area contributed by atoms with E-state index in [4.69, 9.17) is 5.11 Å². The lowest BCUT2D eigenvalue weighted by Gasteiger charge is -2.20. The molecule has 0 aromatic rings. The van der Waals surface area contributed by atoms with Gasteiger partial charge in [-0.25, -0.2) is 0 Å². The van der Waals surface area contributed by atoms with Crippen LogP contribution in [0.5, 0.6) is 0 Å². The number of aliphatic hydroxyl groups excluding tert-OH is 1. The van der Waals surface area contributed by atoms with Crippen LogP contribution < -0.4 is 5.73 Å². The third-order valence-corrected chi connectivity index (χ3v) is 1.61. The summed E-state index contributed by atoms with van der Waals surface area (Å²) >= 11 is 0. The van der Waals surface area contributed by atoms with Crippen molar-refractivity contribution < 1.29 is 10.8 Å². The molecule has 2 nitrogen and oxygen atoms in total. The molecule has 0 heterocycles. The molecule has 1 unspecified atom stereocenters. The Hall–Kier alpha value is -0.0800. The van der Waals surface area contributed by atoms with Crippen LogP contribution in [0.1, 0.15) is 20.8 Å². The highest BCUT2D eigenvalue weighted by atomic mass is 16.3. The summed E-state index contributed by atoms with van der Waals surface area (Å²) in [5.74, 6) is 0.294. The van der Waals surface area contributed by atoms with Crippen LogP contribution in [0.2, 0.25) is 0 Å². The van der Waals surface area contributed by atoms with Crippen LogP contribution in [0.15, 0.2) is 0 Å². The van der Waals surface area contributed by atoms with Crippen LogP contribution in [0.4, 0.5) is 0 Å². The van der Waals surface area contributed by atoms with Crippen LogP contribution in [0, 0.1) is 5.92 Å². The third kappa shape index (κ3) is 2.28. The molecule has 0 aliphatic heterocycles. The maximum atomic E-state index is 8.63. The van der Waals surface area contributed by atoms with Crippen LogP contribution >= 0.6 is 0 Å². The predicted molar refractivity (Wildman–Crippen MR) is 33.2 cm³/mol. The van der Waals surface area contributed by atoms with Gasteiger partial charge in [0.05, 0.1) is 12.1 Å². The maximum Gasteiger partial charge on any atom is 0.0936 e. The molecule has 0 bridgehead atoms. The molecule has 0 radical (unpaired) electrons. The maximum absolute atomic E-state index is 8.63. The van der Waals surface area contributed by atoms with E-state index in [9.17, 15) is 0 Å². The highest BCUT2D eigenvalue weighted by Gasteiger charge is 2.22. The normalized spacial score (nSPS) is 16.1. The summed E-state index contributed by atoms with van der Waals surface area (Å²) in [7, 11) is 0. The highest BCUT2D eigenvalue weighted by molar-refractivity contribution is 4.69. The minimum absolute atomic E-state index is 0.00868. The Balaban J connectivity index is 3.62. The zero-order valence-corrected chi connectivity index (χ0v) is 5.94. The first-order valence-corrected chi connectivity index (χ1v) is 2.94. The Kier molecular flexibility index (Phi) is 2.44. The molecule has 8 heavy (non-hydrogen) atoms. The van der Waals surface area contributed by atoms with Gasteiger partial charge in [-0.3, -0.25) is 0 Å². The van der Waals surface area contributed by atoms with Gasteiger partial charge >= 0.3 is 0 Å². The molecule has 0 saturated heterocycles. The van der Waals surface area contributed by atoms with E-state index in [-0.39, 0.29) is 12.1 Å². The van der Waals surface area contributed by atoms with E-state index >= 15 is 0 Å².